The van der Waals surface area contributed by atoms with Crippen molar-refractivity contribution in [2.24, 2.45) is 0 Å². The Labute approximate surface area is 161 Å². The summed E-state index contributed by atoms with van der Waals surface area (Å²) in [5.74, 6) is 0.927. The molecule has 1 aliphatic rings. The van der Waals surface area contributed by atoms with E-state index in [9.17, 15) is 0 Å². The number of nitrogens with zero attached hydrogens (tertiary/aromatic N) is 5. The van der Waals surface area contributed by atoms with Gasteiger partial charge in [0, 0.05) is 43.4 Å². The third-order valence-corrected chi connectivity index (χ3v) is 5.59. The Bertz CT molecular complexity index is 882. The van der Waals surface area contributed by atoms with E-state index >= 15 is 0 Å². The zero-order chi connectivity index (χ0) is 17.9. The van der Waals surface area contributed by atoms with Crippen molar-refractivity contribution in [3.63, 3.8) is 0 Å². The van der Waals surface area contributed by atoms with E-state index in [2.05, 4.69) is 37.9 Å². The molecule has 0 aromatic carbocycles. The van der Waals surface area contributed by atoms with Crippen LogP contribution < -0.4 is 4.90 Å². The van der Waals surface area contributed by atoms with E-state index in [1.807, 2.05) is 24.5 Å². The summed E-state index contributed by atoms with van der Waals surface area (Å²) in [6.45, 7) is 4.82. The van der Waals surface area contributed by atoms with Crippen molar-refractivity contribution in [3.05, 3.63) is 46.3 Å². The number of hydrogen-bond acceptors (Lipinski definition) is 7. The van der Waals surface area contributed by atoms with Crippen LogP contribution in [0.2, 0.25) is 5.28 Å². The van der Waals surface area contributed by atoms with E-state index in [-0.39, 0.29) is 0 Å². The topological polar surface area (TPSA) is 54.4 Å². The van der Waals surface area contributed by atoms with E-state index in [4.69, 9.17) is 16.3 Å². The van der Waals surface area contributed by atoms with E-state index in [1.54, 1.807) is 11.3 Å². The largest absolute Gasteiger partial charge is 0.378 e. The van der Waals surface area contributed by atoms with Gasteiger partial charge in [-0.2, -0.15) is 4.98 Å². The summed E-state index contributed by atoms with van der Waals surface area (Å²) in [5, 5.41) is 0.300. The maximum Gasteiger partial charge on any atom is 0.224 e. The zero-order valence-electron chi connectivity index (χ0n) is 14.6. The third-order valence-electron chi connectivity index (χ3n) is 4.32. The van der Waals surface area contributed by atoms with Gasteiger partial charge in [-0.15, -0.1) is 11.3 Å². The van der Waals surface area contributed by atoms with Crippen LogP contribution in [0.25, 0.3) is 10.2 Å². The lowest BCUT2D eigenvalue weighted by Crippen LogP contribution is -2.36. The third kappa shape index (κ3) is 3.96. The van der Waals surface area contributed by atoms with Gasteiger partial charge in [-0.1, -0.05) is 0 Å². The maximum absolute atomic E-state index is 6.17. The summed E-state index contributed by atoms with van der Waals surface area (Å²) >= 11 is 7.92. The van der Waals surface area contributed by atoms with Gasteiger partial charge >= 0.3 is 0 Å². The molecule has 0 atom stereocenters. The second kappa shape index (κ2) is 7.84. The highest BCUT2D eigenvalue weighted by Crippen LogP contribution is 2.33. The summed E-state index contributed by atoms with van der Waals surface area (Å²) in [6, 6.07) is 6.22. The lowest BCUT2D eigenvalue weighted by atomic mass is 10.2. The zero-order valence-corrected chi connectivity index (χ0v) is 16.1. The van der Waals surface area contributed by atoms with Crippen LogP contribution in [0.15, 0.2) is 30.6 Å². The molecule has 1 saturated heterocycles. The molecule has 0 bridgehead atoms. The smallest absolute Gasteiger partial charge is 0.224 e. The minimum atomic E-state index is 0.300. The minimum absolute atomic E-state index is 0.300. The molecule has 4 rings (SSSR count). The van der Waals surface area contributed by atoms with Gasteiger partial charge in [0.25, 0.3) is 0 Å². The molecule has 26 heavy (non-hydrogen) atoms. The fraction of sp³-hybridized carbons (Fsp3) is 0.389. The van der Waals surface area contributed by atoms with Crippen molar-refractivity contribution < 1.29 is 4.74 Å². The predicted octanol–water partition coefficient (Wildman–Crippen LogP) is 3.21. The SMILES string of the molecule is CN(Cc1ccncc1)Cc1cc2nc(Cl)nc(N3CCOCC3)c2s1. The van der Waals surface area contributed by atoms with Crippen molar-refractivity contribution in [3.8, 4) is 0 Å². The lowest BCUT2D eigenvalue weighted by Gasteiger charge is -2.28. The molecule has 0 radical (unpaired) electrons. The second-order valence-corrected chi connectivity index (χ2v) is 7.85. The summed E-state index contributed by atoms with van der Waals surface area (Å²) in [5.41, 5.74) is 2.17. The fourth-order valence-electron chi connectivity index (χ4n) is 3.13. The molecular weight excluding hydrogens is 370 g/mol. The molecule has 3 aromatic heterocycles. The number of pyridine rings is 1. The Kier molecular flexibility index (Phi) is 5.31. The van der Waals surface area contributed by atoms with Crippen molar-refractivity contribution in [2.45, 2.75) is 13.1 Å². The van der Waals surface area contributed by atoms with Crippen molar-refractivity contribution in [1.82, 2.24) is 19.9 Å². The number of aromatic nitrogens is 3. The number of fused-ring (bicyclic) bond motifs is 1. The summed E-state index contributed by atoms with van der Waals surface area (Å²) in [7, 11) is 2.12. The first kappa shape index (κ1) is 17.6. The highest BCUT2D eigenvalue weighted by atomic mass is 35.5. The molecule has 0 unspecified atom stereocenters. The second-order valence-electron chi connectivity index (χ2n) is 6.37. The van der Waals surface area contributed by atoms with Gasteiger partial charge in [0.2, 0.25) is 5.28 Å². The molecule has 1 aliphatic heterocycles. The molecule has 3 aromatic rings. The van der Waals surface area contributed by atoms with Gasteiger partial charge in [-0.3, -0.25) is 9.88 Å². The Morgan fingerprint density at radius 2 is 1.96 bits per heavy atom. The number of hydrogen-bond donors (Lipinski definition) is 0. The van der Waals surface area contributed by atoms with Gasteiger partial charge in [0.05, 0.1) is 23.4 Å². The minimum Gasteiger partial charge on any atom is -0.378 e. The number of rotatable bonds is 5. The average molecular weight is 390 g/mol. The molecule has 0 amide bonds. The molecule has 4 heterocycles. The normalized spacial score (nSPS) is 15.1. The molecule has 8 heteroatoms. The quantitative estimate of drug-likeness (QED) is 0.624. The Morgan fingerprint density at radius 1 is 1.19 bits per heavy atom. The number of ether oxygens (including phenoxy) is 1. The number of halogens is 1. The van der Waals surface area contributed by atoms with E-state index in [0.717, 1.165) is 55.4 Å². The van der Waals surface area contributed by atoms with Crippen LogP contribution in [-0.2, 0) is 17.8 Å². The molecule has 1 fully saturated rings. The van der Waals surface area contributed by atoms with E-state index < -0.39 is 0 Å². The van der Waals surface area contributed by atoms with Crippen LogP contribution in [0.3, 0.4) is 0 Å². The van der Waals surface area contributed by atoms with Crippen LogP contribution in [0.4, 0.5) is 5.82 Å². The molecular formula is C18H20ClN5OS. The van der Waals surface area contributed by atoms with Gasteiger partial charge in [-0.25, -0.2) is 4.98 Å². The van der Waals surface area contributed by atoms with Crippen molar-refractivity contribution >= 4 is 39.0 Å². The first-order chi connectivity index (χ1) is 12.7. The average Bonchev–Trinajstić information content (AvgIpc) is 3.04. The molecule has 6 nitrogen and oxygen atoms in total. The van der Waals surface area contributed by atoms with Crippen molar-refractivity contribution in [1.29, 1.82) is 0 Å². The Morgan fingerprint density at radius 3 is 2.73 bits per heavy atom. The number of morpholine rings is 1. The molecule has 0 N–H and O–H groups in total. The first-order valence-corrected chi connectivity index (χ1v) is 9.74. The summed E-state index contributed by atoms with van der Waals surface area (Å²) in [4.78, 5) is 18.8. The fourth-order valence-corrected chi connectivity index (χ4v) is 4.49. The van der Waals surface area contributed by atoms with Gasteiger partial charge in [-0.05, 0) is 42.4 Å². The van der Waals surface area contributed by atoms with Crippen LogP contribution in [0.5, 0.6) is 0 Å². The maximum atomic E-state index is 6.17. The number of thiophene rings is 1. The monoisotopic (exact) mass is 389 g/mol. The molecule has 0 spiro atoms. The standard InChI is InChI=1S/C18H20ClN5OS/c1-23(11-13-2-4-20-5-3-13)12-14-10-15-16(26-14)17(22-18(19)21-15)24-6-8-25-9-7-24/h2-5,10H,6-9,11-12H2,1H3. The first-order valence-electron chi connectivity index (χ1n) is 8.55. The highest BCUT2D eigenvalue weighted by molar-refractivity contribution is 7.19. The van der Waals surface area contributed by atoms with Crippen molar-refractivity contribution in [2.75, 3.05) is 38.3 Å². The summed E-state index contributed by atoms with van der Waals surface area (Å²) < 4.78 is 6.55. The predicted molar refractivity (Wildman–Crippen MR) is 105 cm³/mol. The van der Waals surface area contributed by atoms with Crippen LogP contribution in [0.1, 0.15) is 10.4 Å². The van der Waals surface area contributed by atoms with E-state index in [1.165, 1.54) is 10.4 Å². The Hall–Kier alpha value is -1.80. The van der Waals surface area contributed by atoms with Gasteiger partial charge in [0.1, 0.15) is 0 Å². The van der Waals surface area contributed by atoms with Gasteiger partial charge < -0.3 is 9.64 Å². The van der Waals surface area contributed by atoms with Crippen LogP contribution in [-0.4, -0.2) is 53.2 Å². The Balaban J connectivity index is 1.56. The number of anilines is 1. The molecule has 0 saturated carbocycles. The van der Waals surface area contributed by atoms with Gasteiger partial charge in [0.15, 0.2) is 5.82 Å². The molecule has 136 valence electrons. The lowest BCUT2D eigenvalue weighted by molar-refractivity contribution is 0.122. The van der Waals surface area contributed by atoms with Crippen LogP contribution in [0, 0.1) is 0 Å². The highest BCUT2D eigenvalue weighted by Gasteiger charge is 2.19. The molecule has 0 aliphatic carbocycles. The van der Waals surface area contributed by atoms with E-state index in [0.29, 0.717) is 5.28 Å². The van der Waals surface area contributed by atoms with Crippen LogP contribution >= 0.6 is 22.9 Å². The summed E-state index contributed by atoms with van der Waals surface area (Å²) in [6.07, 6.45) is 3.66.